The first-order valence-corrected chi connectivity index (χ1v) is 7.81. The fourth-order valence-electron chi connectivity index (χ4n) is 2.71. The molecule has 0 bridgehead atoms. The van der Waals surface area contributed by atoms with Gasteiger partial charge in [0.1, 0.15) is 11.5 Å². The van der Waals surface area contributed by atoms with E-state index in [1.807, 2.05) is 12.1 Å². The minimum absolute atomic E-state index is 0.0833. The lowest BCUT2D eigenvalue weighted by molar-refractivity contribution is -0.166. The van der Waals surface area contributed by atoms with E-state index in [0.29, 0.717) is 24.5 Å². The highest BCUT2D eigenvalue weighted by Gasteiger charge is 2.32. The van der Waals surface area contributed by atoms with Crippen LogP contribution in [0.25, 0.3) is 0 Å². The number of aliphatic carboxylic acids is 1. The summed E-state index contributed by atoms with van der Waals surface area (Å²) in [5.41, 5.74) is 0.927. The largest absolute Gasteiger partial charge is 0.497 e. The summed E-state index contributed by atoms with van der Waals surface area (Å²) < 4.78 is 15.8. The predicted molar refractivity (Wildman–Crippen MR) is 86.4 cm³/mol. The molecule has 0 saturated carbocycles. The number of morpholine rings is 1. The molecule has 1 heterocycles. The van der Waals surface area contributed by atoms with E-state index in [1.54, 1.807) is 32.1 Å². The van der Waals surface area contributed by atoms with Crippen molar-refractivity contribution in [2.24, 2.45) is 0 Å². The van der Waals surface area contributed by atoms with Crippen molar-refractivity contribution in [3.05, 3.63) is 23.8 Å². The number of ether oxygens (including phenoxy) is 3. The molecule has 7 heteroatoms. The van der Waals surface area contributed by atoms with Gasteiger partial charge in [-0.2, -0.15) is 0 Å². The van der Waals surface area contributed by atoms with Crippen LogP contribution in [0.2, 0.25) is 0 Å². The van der Waals surface area contributed by atoms with Gasteiger partial charge in [-0.15, -0.1) is 0 Å². The first-order chi connectivity index (χ1) is 11.4. The number of hydrogen-bond donors (Lipinski definition) is 1. The Balaban J connectivity index is 1.98. The van der Waals surface area contributed by atoms with Crippen LogP contribution in [-0.2, 0) is 20.7 Å². The maximum absolute atomic E-state index is 12.4. The molecule has 1 saturated heterocycles. The lowest BCUT2D eigenvalue weighted by Crippen LogP contribution is -2.51. The van der Waals surface area contributed by atoms with Gasteiger partial charge < -0.3 is 24.2 Å². The van der Waals surface area contributed by atoms with Crippen molar-refractivity contribution >= 4 is 11.9 Å². The Morgan fingerprint density at radius 3 is 2.38 bits per heavy atom. The van der Waals surface area contributed by atoms with Gasteiger partial charge in [0.15, 0.2) is 6.10 Å². The number of nitrogens with zero attached hydrogens (tertiary/aromatic N) is 1. The van der Waals surface area contributed by atoms with Crippen molar-refractivity contribution < 1.29 is 28.9 Å². The number of carbonyl (C=O) groups is 2. The van der Waals surface area contributed by atoms with Gasteiger partial charge in [0, 0.05) is 19.0 Å². The molecule has 2 atom stereocenters. The minimum atomic E-state index is -1.04. The summed E-state index contributed by atoms with van der Waals surface area (Å²) >= 11 is 0. The van der Waals surface area contributed by atoms with Gasteiger partial charge in [-0.1, -0.05) is 0 Å². The van der Waals surface area contributed by atoms with Crippen LogP contribution in [0.4, 0.5) is 0 Å². The number of carboxylic acids is 1. The van der Waals surface area contributed by atoms with E-state index in [1.165, 1.54) is 0 Å². The third-order valence-electron chi connectivity index (χ3n) is 3.93. The number of carboxylic acid groups (broad SMARTS) is 1. The number of amides is 1. The molecule has 1 fully saturated rings. The first-order valence-electron chi connectivity index (χ1n) is 7.81. The highest BCUT2D eigenvalue weighted by molar-refractivity contribution is 5.79. The van der Waals surface area contributed by atoms with Crippen LogP contribution in [0.1, 0.15) is 18.9 Å². The summed E-state index contributed by atoms with van der Waals surface area (Å²) in [4.78, 5) is 25.1. The van der Waals surface area contributed by atoms with Crippen molar-refractivity contribution in [3.63, 3.8) is 0 Å². The smallest absolute Gasteiger partial charge is 0.334 e. The van der Waals surface area contributed by atoms with Crippen molar-refractivity contribution in [2.75, 3.05) is 27.3 Å². The zero-order chi connectivity index (χ0) is 17.7. The second kappa shape index (κ2) is 8.01. The molecule has 1 aliphatic heterocycles. The fraction of sp³-hybridized carbons (Fsp3) is 0.529. The summed E-state index contributed by atoms with van der Waals surface area (Å²) in [6.07, 6.45) is -0.444. The maximum atomic E-state index is 12.4. The molecule has 2 rings (SSSR count). The van der Waals surface area contributed by atoms with Crippen LogP contribution in [0.15, 0.2) is 18.2 Å². The molecule has 0 aliphatic carbocycles. The Labute approximate surface area is 141 Å². The lowest BCUT2D eigenvalue weighted by Gasteiger charge is -2.35. The van der Waals surface area contributed by atoms with E-state index in [9.17, 15) is 9.59 Å². The molecule has 1 aromatic rings. The van der Waals surface area contributed by atoms with Crippen LogP contribution in [0.5, 0.6) is 11.5 Å². The molecule has 1 aliphatic rings. The second-order valence-electron chi connectivity index (χ2n) is 5.79. The molecular weight excluding hydrogens is 314 g/mol. The predicted octanol–water partition coefficient (Wildman–Crippen LogP) is 1.34. The molecule has 0 radical (unpaired) electrons. The molecule has 132 valence electrons. The number of benzene rings is 1. The van der Waals surface area contributed by atoms with E-state index in [0.717, 1.165) is 5.56 Å². The number of hydrogen-bond acceptors (Lipinski definition) is 5. The molecule has 24 heavy (non-hydrogen) atoms. The molecule has 1 amide bonds. The Bertz CT molecular complexity index is 580. The molecule has 1 unspecified atom stereocenters. The van der Waals surface area contributed by atoms with Gasteiger partial charge >= 0.3 is 5.97 Å². The van der Waals surface area contributed by atoms with Crippen molar-refractivity contribution in [1.82, 2.24) is 4.90 Å². The van der Waals surface area contributed by atoms with Crippen LogP contribution >= 0.6 is 0 Å². The van der Waals surface area contributed by atoms with Crippen molar-refractivity contribution in [3.8, 4) is 11.5 Å². The number of aryl methyl sites for hydroxylation is 1. The molecule has 1 aromatic carbocycles. The van der Waals surface area contributed by atoms with Crippen molar-refractivity contribution in [1.29, 1.82) is 0 Å². The minimum Gasteiger partial charge on any atom is -0.497 e. The third kappa shape index (κ3) is 4.61. The standard InChI is InChI=1S/C17H23NO6/c1-11-9-18(10-15(24-11)17(20)21)16(19)5-4-12-6-13(22-2)8-14(7-12)23-3/h6-8,11,15H,4-5,9-10H2,1-3H3,(H,20,21)/t11-,15?/m1/s1. The average Bonchev–Trinajstić information content (AvgIpc) is 2.58. The van der Waals surface area contributed by atoms with Gasteiger partial charge in [0.2, 0.25) is 5.91 Å². The van der Waals surface area contributed by atoms with Gasteiger partial charge in [0.25, 0.3) is 0 Å². The molecule has 1 N–H and O–H groups in total. The highest BCUT2D eigenvalue weighted by atomic mass is 16.5. The Morgan fingerprint density at radius 2 is 1.83 bits per heavy atom. The summed E-state index contributed by atoms with van der Waals surface area (Å²) in [5, 5.41) is 9.09. The molecule has 0 spiro atoms. The van der Waals surface area contributed by atoms with E-state index in [2.05, 4.69) is 0 Å². The quantitative estimate of drug-likeness (QED) is 0.843. The topological polar surface area (TPSA) is 85.3 Å². The van der Waals surface area contributed by atoms with Gasteiger partial charge in [0.05, 0.1) is 26.9 Å². The van der Waals surface area contributed by atoms with Gasteiger partial charge in [-0.05, 0) is 31.0 Å². The number of rotatable bonds is 6. The van der Waals surface area contributed by atoms with Crippen LogP contribution in [0, 0.1) is 0 Å². The summed E-state index contributed by atoms with van der Waals surface area (Å²) in [7, 11) is 3.15. The SMILES string of the molecule is COc1cc(CCC(=O)N2CC(C(=O)O)O[C@H](C)C2)cc(OC)c1. The number of methoxy groups -OCH3 is 2. The van der Waals surface area contributed by atoms with E-state index < -0.39 is 12.1 Å². The zero-order valence-electron chi connectivity index (χ0n) is 14.2. The molecular formula is C17H23NO6. The Kier molecular flexibility index (Phi) is 6.03. The van der Waals surface area contributed by atoms with Gasteiger partial charge in [-0.25, -0.2) is 4.79 Å². The van der Waals surface area contributed by atoms with E-state index in [-0.39, 0.29) is 25.0 Å². The average molecular weight is 337 g/mol. The van der Waals surface area contributed by atoms with Crippen LogP contribution < -0.4 is 9.47 Å². The zero-order valence-corrected chi connectivity index (χ0v) is 14.2. The maximum Gasteiger partial charge on any atom is 0.334 e. The van der Waals surface area contributed by atoms with Gasteiger partial charge in [-0.3, -0.25) is 4.79 Å². The van der Waals surface area contributed by atoms with E-state index >= 15 is 0 Å². The van der Waals surface area contributed by atoms with Crippen molar-refractivity contribution in [2.45, 2.75) is 32.0 Å². The van der Waals surface area contributed by atoms with Crippen LogP contribution in [-0.4, -0.2) is 61.4 Å². The lowest BCUT2D eigenvalue weighted by atomic mass is 10.1. The summed E-state index contributed by atoms with van der Waals surface area (Å²) in [6.45, 7) is 2.26. The normalized spacial score (nSPS) is 20.5. The summed E-state index contributed by atoms with van der Waals surface area (Å²) in [5.74, 6) is 0.209. The summed E-state index contributed by atoms with van der Waals surface area (Å²) in [6, 6.07) is 5.49. The fourth-order valence-corrected chi connectivity index (χ4v) is 2.71. The Hall–Kier alpha value is -2.28. The van der Waals surface area contributed by atoms with Crippen LogP contribution in [0.3, 0.4) is 0 Å². The number of carbonyl (C=O) groups excluding carboxylic acids is 1. The first kappa shape index (κ1) is 18.1. The monoisotopic (exact) mass is 337 g/mol. The third-order valence-corrected chi connectivity index (χ3v) is 3.93. The molecule has 7 nitrogen and oxygen atoms in total. The second-order valence-corrected chi connectivity index (χ2v) is 5.79. The highest BCUT2D eigenvalue weighted by Crippen LogP contribution is 2.23. The molecule has 0 aromatic heterocycles. The Morgan fingerprint density at radius 1 is 1.21 bits per heavy atom. The van der Waals surface area contributed by atoms with E-state index in [4.69, 9.17) is 19.3 Å².